The largest absolute Gasteiger partial charge is 0.416 e. The molecule has 1 unspecified atom stereocenters. The fourth-order valence-electron chi connectivity index (χ4n) is 4.49. The molecule has 1 aromatic heterocycles. The van der Waals surface area contributed by atoms with Gasteiger partial charge in [-0.3, -0.25) is 0 Å². The number of H-pyrrole nitrogens is 1. The zero-order valence-corrected chi connectivity index (χ0v) is 15.4. The molecular weight excluding hydrogens is 337 g/mol. The summed E-state index contributed by atoms with van der Waals surface area (Å²) in [6.07, 6.45) is 5.76. The first-order valence-electron chi connectivity index (χ1n) is 9.46. The Kier molecular flexibility index (Phi) is 5.44. The summed E-state index contributed by atoms with van der Waals surface area (Å²) in [4.78, 5) is 7.59. The third-order valence-electron chi connectivity index (χ3n) is 6.02. The highest BCUT2D eigenvalue weighted by Gasteiger charge is 2.40. The molecule has 0 bridgehead atoms. The van der Waals surface area contributed by atoms with Crippen molar-refractivity contribution in [3.63, 3.8) is 0 Å². The molecule has 2 nitrogen and oxygen atoms in total. The predicted octanol–water partition coefficient (Wildman–Crippen LogP) is 6.15. The van der Waals surface area contributed by atoms with E-state index in [-0.39, 0.29) is 11.3 Å². The standard InChI is InChI=1S/C21H27F3N2/c1-15(2)20(19-13-25-14-26-19,11-16-6-3-4-7-16)12-17-8-5-9-18(10-17)21(22,23)24/h5,8-10,13-16H,3-4,6-7,11-12H2,1-2H3,(H,25,26). The number of halogens is 3. The third-order valence-corrected chi connectivity index (χ3v) is 6.02. The number of aromatic nitrogens is 2. The number of nitrogens with one attached hydrogen (secondary N) is 1. The summed E-state index contributed by atoms with van der Waals surface area (Å²) in [5, 5.41) is 0. The van der Waals surface area contributed by atoms with Gasteiger partial charge in [-0.1, -0.05) is 57.7 Å². The van der Waals surface area contributed by atoms with E-state index >= 15 is 0 Å². The molecule has 2 aromatic rings. The van der Waals surface area contributed by atoms with Crippen molar-refractivity contribution in [1.82, 2.24) is 9.97 Å². The molecule has 1 saturated carbocycles. The molecule has 1 aliphatic carbocycles. The molecule has 0 saturated heterocycles. The van der Waals surface area contributed by atoms with Crippen LogP contribution in [0, 0.1) is 11.8 Å². The monoisotopic (exact) mass is 364 g/mol. The maximum Gasteiger partial charge on any atom is 0.416 e. The minimum Gasteiger partial charge on any atom is -0.351 e. The molecule has 0 spiro atoms. The van der Waals surface area contributed by atoms with Gasteiger partial charge in [0.05, 0.1) is 17.6 Å². The lowest BCUT2D eigenvalue weighted by atomic mass is 9.65. The van der Waals surface area contributed by atoms with Crippen molar-refractivity contribution in [2.24, 2.45) is 11.8 Å². The highest BCUT2D eigenvalue weighted by atomic mass is 19.4. The van der Waals surface area contributed by atoms with Crippen LogP contribution < -0.4 is 0 Å². The van der Waals surface area contributed by atoms with Crippen molar-refractivity contribution in [2.75, 3.05) is 0 Å². The minimum absolute atomic E-state index is 0.251. The smallest absolute Gasteiger partial charge is 0.351 e. The van der Waals surface area contributed by atoms with Gasteiger partial charge >= 0.3 is 6.18 Å². The summed E-state index contributed by atoms with van der Waals surface area (Å²) in [7, 11) is 0. The molecule has 1 aromatic carbocycles. The van der Waals surface area contributed by atoms with Crippen molar-refractivity contribution in [2.45, 2.75) is 64.0 Å². The maximum atomic E-state index is 13.1. The number of aromatic amines is 1. The van der Waals surface area contributed by atoms with Gasteiger partial charge in [-0.15, -0.1) is 0 Å². The molecule has 1 aliphatic rings. The molecule has 26 heavy (non-hydrogen) atoms. The van der Waals surface area contributed by atoms with E-state index in [0.717, 1.165) is 23.7 Å². The number of nitrogens with zero attached hydrogens (tertiary/aromatic N) is 1. The van der Waals surface area contributed by atoms with Crippen LogP contribution in [-0.2, 0) is 18.0 Å². The van der Waals surface area contributed by atoms with E-state index in [1.165, 1.54) is 37.8 Å². The molecule has 1 atom stereocenters. The molecule has 1 N–H and O–H groups in total. The van der Waals surface area contributed by atoms with Crippen LogP contribution in [0.5, 0.6) is 0 Å². The van der Waals surface area contributed by atoms with Gasteiger partial charge in [-0.25, -0.2) is 4.98 Å². The van der Waals surface area contributed by atoms with Crippen LogP contribution in [0.25, 0.3) is 0 Å². The number of imidazole rings is 1. The van der Waals surface area contributed by atoms with Crippen molar-refractivity contribution in [3.05, 3.63) is 53.6 Å². The molecule has 1 fully saturated rings. The average molecular weight is 364 g/mol. The van der Waals surface area contributed by atoms with Gasteiger partial charge in [0.2, 0.25) is 0 Å². The number of hydrogen-bond acceptors (Lipinski definition) is 1. The Morgan fingerprint density at radius 3 is 2.50 bits per heavy atom. The van der Waals surface area contributed by atoms with Crippen LogP contribution in [0.3, 0.4) is 0 Å². The van der Waals surface area contributed by atoms with Crippen LogP contribution in [0.1, 0.15) is 62.8 Å². The van der Waals surface area contributed by atoms with Gasteiger partial charge in [0.15, 0.2) is 0 Å². The molecule has 5 heteroatoms. The molecule has 0 aliphatic heterocycles. The second-order valence-corrected chi connectivity index (χ2v) is 7.99. The zero-order valence-electron chi connectivity index (χ0n) is 15.4. The lowest BCUT2D eigenvalue weighted by Crippen LogP contribution is -2.37. The Bertz CT molecular complexity index is 700. The molecule has 3 rings (SSSR count). The van der Waals surface area contributed by atoms with E-state index in [9.17, 15) is 13.2 Å². The van der Waals surface area contributed by atoms with E-state index < -0.39 is 11.7 Å². The van der Waals surface area contributed by atoms with Crippen LogP contribution >= 0.6 is 0 Å². The lowest BCUT2D eigenvalue weighted by molar-refractivity contribution is -0.137. The molecule has 142 valence electrons. The highest BCUT2D eigenvalue weighted by molar-refractivity contribution is 5.30. The predicted molar refractivity (Wildman–Crippen MR) is 96.8 cm³/mol. The summed E-state index contributed by atoms with van der Waals surface area (Å²) in [5.74, 6) is 0.904. The molecule has 0 radical (unpaired) electrons. The van der Waals surface area contributed by atoms with Crippen LogP contribution in [-0.4, -0.2) is 9.97 Å². The van der Waals surface area contributed by atoms with E-state index in [2.05, 4.69) is 23.8 Å². The average Bonchev–Trinajstić information content (AvgIpc) is 3.27. The number of alkyl halides is 3. The second-order valence-electron chi connectivity index (χ2n) is 7.99. The van der Waals surface area contributed by atoms with Crippen molar-refractivity contribution in [1.29, 1.82) is 0 Å². The van der Waals surface area contributed by atoms with Crippen molar-refractivity contribution >= 4 is 0 Å². The van der Waals surface area contributed by atoms with Crippen LogP contribution in [0.4, 0.5) is 13.2 Å². The fourth-order valence-corrected chi connectivity index (χ4v) is 4.49. The molecule has 1 heterocycles. The lowest BCUT2D eigenvalue weighted by Gasteiger charge is -2.39. The summed E-state index contributed by atoms with van der Waals surface area (Å²) in [6, 6.07) is 5.78. The topological polar surface area (TPSA) is 28.7 Å². The summed E-state index contributed by atoms with van der Waals surface area (Å²) < 4.78 is 39.4. The molecule has 0 amide bonds. The second kappa shape index (κ2) is 7.45. The van der Waals surface area contributed by atoms with Crippen molar-refractivity contribution < 1.29 is 13.2 Å². The van der Waals surface area contributed by atoms with E-state index in [1.807, 2.05) is 12.3 Å². The Balaban J connectivity index is 1.97. The van der Waals surface area contributed by atoms with E-state index in [0.29, 0.717) is 12.3 Å². The van der Waals surface area contributed by atoms with Crippen molar-refractivity contribution in [3.8, 4) is 0 Å². The first-order valence-corrected chi connectivity index (χ1v) is 9.46. The first-order chi connectivity index (χ1) is 12.3. The first kappa shape index (κ1) is 19.0. The van der Waals surface area contributed by atoms with Gasteiger partial charge in [-0.05, 0) is 36.3 Å². The van der Waals surface area contributed by atoms with Gasteiger partial charge in [-0.2, -0.15) is 13.2 Å². The van der Waals surface area contributed by atoms with Gasteiger partial charge < -0.3 is 4.98 Å². The fraction of sp³-hybridized carbons (Fsp3) is 0.571. The Hall–Kier alpha value is -1.78. The van der Waals surface area contributed by atoms with E-state index in [4.69, 9.17) is 0 Å². The summed E-state index contributed by atoms with van der Waals surface area (Å²) in [6.45, 7) is 4.33. The quantitative estimate of drug-likeness (QED) is 0.655. The Morgan fingerprint density at radius 1 is 1.19 bits per heavy atom. The summed E-state index contributed by atoms with van der Waals surface area (Å²) in [5.41, 5.74) is 0.876. The van der Waals surface area contributed by atoms with Crippen LogP contribution in [0.15, 0.2) is 36.8 Å². The van der Waals surface area contributed by atoms with Crippen LogP contribution in [0.2, 0.25) is 0 Å². The van der Waals surface area contributed by atoms with E-state index in [1.54, 1.807) is 6.33 Å². The highest BCUT2D eigenvalue weighted by Crippen LogP contribution is 2.44. The summed E-state index contributed by atoms with van der Waals surface area (Å²) >= 11 is 0. The SMILES string of the molecule is CC(C)C(Cc1cccc(C(F)(F)F)c1)(CC1CCCC1)c1c[nH]cn1. The molecular formula is C21H27F3N2. The Labute approximate surface area is 153 Å². The third kappa shape index (κ3) is 3.97. The number of rotatable bonds is 6. The number of hydrogen-bond donors (Lipinski definition) is 1. The van der Waals surface area contributed by atoms with Gasteiger partial charge in [0.1, 0.15) is 0 Å². The maximum absolute atomic E-state index is 13.1. The van der Waals surface area contributed by atoms with Gasteiger partial charge in [0.25, 0.3) is 0 Å². The minimum atomic E-state index is -4.31. The van der Waals surface area contributed by atoms with Gasteiger partial charge in [0, 0.05) is 11.6 Å². The zero-order chi connectivity index (χ0) is 18.8. The Morgan fingerprint density at radius 2 is 1.92 bits per heavy atom. The number of benzene rings is 1. The normalized spacial score (nSPS) is 18.4.